The van der Waals surface area contributed by atoms with Gasteiger partial charge in [-0.25, -0.2) is 9.97 Å². The number of furan rings is 1. The maximum Gasteiger partial charge on any atom is 0.135 e. The summed E-state index contributed by atoms with van der Waals surface area (Å²) < 4.78 is 6.20. The highest BCUT2D eigenvalue weighted by molar-refractivity contribution is 6.22. The molecule has 0 radical (unpaired) electrons. The first-order valence-corrected chi connectivity index (χ1v) is 23.0. The summed E-state index contributed by atoms with van der Waals surface area (Å²) in [5.41, 5.74) is 16.3. The van der Waals surface area contributed by atoms with Gasteiger partial charge in [0.15, 0.2) is 0 Å². The molecule has 0 saturated heterocycles. The molecule has 4 heteroatoms. The third-order valence-corrected chi connectivity index (χ3v) is 13.2. The molecule has 0 aliphatic heterocycles. The Hall–Kier alpha value is -9.12. The predicted molar refractivity (Wildman–Crippen MR) is 284 cm³/mol. The number of anilines is 3. The quantitative estimate of drug-likeness (QED) is 0.143. The Bertz CT molecular complexity index is 3960. The van der Waals surface area contributed by atoms with Gasteiger partial charge >= 0.3 is 0 Å². The molecular formula is C64H41N3O. The summed E-state index contributed by atoms with van der Waals surface area (Å²) in [6.07, 6.45) is 0. The van der Waals surface area contributed by atoms with E-state index in [1.807, 2.05) is 18.2 Å². The molecule has 0 aliphatic rings. The third kappa shape index (κ3) is 6.95. The minimum atomic E-state index is 0.878. The Kier molecular flexibility index (Phi) is 9.47. The molecule has 0 saturated carbocycles. The van der Waals surface area contributed by atoms with Crippen LogP contribution >= 0.6 is 0 Å². The number of hydrogen-bond acceptors (Lipinski definition) is 4. The van der Waals surface area contributed by atoms with E-state index in [2.05, 4.69) is 235 Å². The van der Waals surface area contributed by atoms with Crippen LogP contribution in [-0.4, -0.2) is 9.97 Å². The van der Waals surface area contributed by atoms with Crippen LogP contribution in [0.2, 0.25) is 0 Å². The van der Waals surface area contributed by atoms with Crippen molar-refractivity contribution in [2.75, 3.05) is 4.90 Å². The van der Waals surface area contributed by atoms with E-state index in [1.54, 1.807) is 0 Å². The van der Waals surface area contributed by atoms with Crippen LogP contribution < -0.4 is 4.90 Å². The van der Waals surface area contributed by atoms with Crippen LogP contribution in [0.3, 0.4) is 0 Å². The molecule has 0 atom stereocenters. The van der Waals surface area contributed by atoms with Crippen LogP contribution in [0.4, 0.5) is 17.1 Å². The lowest BCUT2D eigenvalue weighted by atomic mass is 9.93. The zero-order chi connectivity index (χ0) is 45.0. The molecule has 3 aromatic heterocycles. The molecule has 3 heterocycles. The molecule has 68 heavy (non-hydrogen) atoms. The average molecular weight is 868 g/mol. The fourth-order valence-electron chi connectivity index (χ4n) is 9.91. The highest BCUT2D eigenvalue weighted by atomic mass is 16.3. The molecule has 0 unspecified atom stereocenters. The summed E-state index contributed by atoms with van der Waals surface area (Å²) in [5, 5.41) is 8.04. The normalized spacial score (nSPS) is 11.5. The number of aromatic nitrogens is 2. The Balaban J connectivity index is 0.924. The van der Waals surface area contributed by atoms with E-state index in [-0.39, 0.29) is 0 Å². The minimum Gasteiger partial charge on any atom is -0.456 e. The van der Waals surface area contributed by atoms with Gasteiger partial charge in [-0.05, 0) is 106 Å². The van der Waals surface area contributed by atoms with Crippen LogP contribution in [0.15, 0.2) is 253 Å². The Morgan fingerprint density at radius 3 is 1.69 bits per heavy atom. The molecule has 0 amide bonds. The minimum absolute atomic E-state index is 0.878. The number of pyridine rings is 2. The lowest BCUT2D eigenvalue weighted by molar-refractivity contribution is 0.669. The third-order valence-electron chi connectivity index (χ3n) is 13.2. The standard InChI is InChI=1S/C64H41N3O/c1-4-15-42(16-5-1)49-39-58(45-18-6-2-7-19-45)65-59(40-49)47-30-34-55-60(38-47)66-64(56-35-29-44-17-10-11-24-53(44)63(55)56)48-21-14-20-46(37-48)43-27-31-51(32-28-43)67(50-22-8-3-9-23-50)52-33-36-62-57(41-52)54-25-12-13-26-61(54)68-62/h1-41H. The van der Waals surface area contributed by atoms with E-state index in [9.17, 15) is 0 Å². The molecule has 13 aromatic rings. The van der Waals surface area contributed by atoms with E-state index < -0.39 is 0 Å². The number of nitrogens with zero attached hydrogens (tertiary/aromatic N) is 3. The predicted octanol–water partition coefficient (Wildman–Crippen LogP) is 17.6. The number of para-hydroxylation sites is 2. The number of benzene rings is 10. The molecule has 0 aliphatic carbocycles. The van der Waals surface area contributed by atoms with Gasteiger partial charge in [0.1, 0.15) is 11.2 Å². The van der Waals surface area contributed by atoms with Crippen LogP contribution in [0.1, 0.15) is 0 Å². The zero-order valence-electron chi connectivity index (χ0n) is 36.9. The molecule has 318 valence electrons. The van der Waals surface area contributed by atoms with Gasteiger partial charge in [0.25, 0.3) is 0 Å². The van der Waals surface area contributed by atoms with Gasteiger partial charge in [0.2, 0.25) is 0 Å². The zero-order valence-corrected chi connectivity index (χ0v) is 36.9. The van der Waals surface area contributed by atoms with E-state index in [1.165, 1.54) is 16.2 Å². The Labute approximate surface area is 393 Å². The average Bonchev–Trinajstić information content (AvgIpc) is 3.79. The van der Waals surface area contributed by atoms with Gasteiger partial charge in [0.05, 0.1) is 22.6 Å². The van der Waals surface area contributed by atoms with Crippen molar-refractivity contribution in [3.05, 3.63) is 249 Å². The summed E-state index contributed by atoms with van der Waals surface area (Å²) in [4.78, 5) is 13.2. The van der Waals surface area contributed by atoms with Crippen molar-refractivity contribution < 1.29 is 4.42 Å². The largest absolute Gasteiger partial charge is 0.456 e. The molecule has 13 rings (SSSR count). The second-order valence-electron chi connectivity index (χ2n) is 17.3. The summed E-state index contributed by atoms with van der Waals surface area (Å²) in [6, 6.07) is 88.1. The van der Waals surface area contributed by atoms with Gasteiger partial charge in [-0.2, -0.15) is 0 Å². The van der Waals surface area contributed by atoms with Gasteiger partial charge in [-0.3, -0.25) is 0 Å². The van der Waals surface area contributed by atoms with Crippen molar-refractivity contribution in [2.24, 2.45) is 0 Å². The monoisotopic (exact) mass is 867 g/mol. The molecular weight excluding hydrogens is 827 g/mol. The van der Waals surface area contributed by atoms with E-state index in [0.29, 0.717) is 0 Å². The topological polar surface area (TPSA) is 42.2 Å². The summed E-state index contributed by atoms with van der Waals surface area (Å²) in [7, 11) is 0. The molecule has 0 spiro atoms. The highest BCUT2D eigenvalue weighted by Gasteiger charge is 2.18. The van der Waals surface area contributed by atoms with Crippen LogP contribution in [0.25, 0.3) is 110 Å². The number of hydrogen-bond donors (Lipinski definition) is 0. The lowest BCUT2D eigenvalue weighted by Crippen LogP contribution is -2.09. The maximum atomic E-state index is 6.20. The maximum absolute atomic E-state index is 6.20. The van der Waals surface area contributed by atoms with Crippen molar-refractivity contribution in [3.8, 4) is 56.0 Å². The fraction of sp³-hybridized carbons (Fsp3) is 0. The van der Waals surface area contributed by atoms with Gasteiger partial charge in [-0.1, -0.05) is 176 Å². The first-order chi connectivity index (χ1) is 33.7. The smallest absolute Gasteiger partial charge is 0.135 e. The van der Waals surface area contributed by atoms with Crippen LogP contribution in [0.5, 0.6) is 0 Å². The van der Waals surface area contributed by atoms with Crippen LogP contribution in [-0.2, 0) is 0 Å². The second-order valence-corrected chi connectivity index (χ2v) is 17.3. The summed E-state index contributed by atoms with van der Waals surface area (Å²) in [6.45, 7) is 0. The van der Waals surface area contributed by atoms with E-state index in [4.69, 9.17) is 14.4 Å². The highest BCUT2D eigenvalue weighted by Crippen LogP contribution is 2.42. The number of fused-ring (bicyclic) bond motifs is 8. The van der Waals surface area contributed by atoms with Gasteiger partial charge < -0.3 is 9.32 Å². The van der Waals surface area contributed by atoms with Crippen molar-refractivity contribution in [3.63, 3.8) is 0 Å². The Morgan fingerprint density at radius 2 is 0.882 bits per heavy atom. The molecule has 0 N–H and O–H groups in total. The first kappa shape index (κ1) is 39.3. The Morgan fingerprint density at radius 1 is 0.294 bits per heavy atom. The van der Waals surface area contributed by atoms with Crippen LogP contribution in [0, 0.1) is 0 Å². The molecule has 0 bridgehead atoms. The summed E-state index contributed by atoms with van der Waals surface area (Å²) in [5.74, 6) is 0. The van der Waals surface area contributed by atoms with Gasteiger partial charge in [-0.15, -0.1) is 0 Å². The first-order valence-electron chi connectivity index (χ1n) is 23.0. The lowest BCUT2D eigenvalue weighted by Gasteiger charge is -2.25. The molecule has 0 fully saturated rings. The number of rotatable bonds is 8. The van der Waals surface area contributed by atoms with Crippen molar-refractivity contribution in [1.29, 1.82) is 0 Å². The fourth-order valence-corrected chi connectivity index (χ4v) is 9.91. The molecule has 10 aromatic carbocycles. The van der Waals surface area contributed by atoms with Crippen molar-refractivity contribution in [1.82, 2.24) is 9.97 Å². The second kappa shape index (κ2) is 16.4. The SMILES string of the molecule is c1ccc(-c2cc(-c3ccccc3)nc(-c3ccc4c(c3)nc(-c3cccc(-c5ccc(N(c6ccccc6)c6ccc7oc8ccccc8c7c6)cc5)c3)c3ccc5ccccc5c34)c2)cc1. The van der Waals surface area contributed by atoms with Gasteiger partial charge in [0, 0.05) is 60.7 Å². The summed E-state index contributed by atoms with van der Waals surface area (Å²) >= 11 is 0. The van der Waals surface area contributed by atoms with E-state index in [0.717, 1.165) is 111 Å². The van der Waals surface area contributed by atoms with Crippen molar-refractivity contribution in [2.45, 2.75) is 0 Å². The molecule has 4 nitrogen and oxygen atoms in total. The van der Waals surface area contributed by atoms with E-state index >= 15 is 0 Å². The van der Waals surface area contributed by atoms with Crippen molar-refractivity contribution >= 4 is 71.4 Å².